The Morgan fingerprint density at radius 1 is 1.20 bits per heavy atom. The zero-order valence-electron chi connectivity index (χ0n) is 13.9. The second kappa shape index (κ2) is 6.04. The molecule has 0 aliphatic carbocycles. The molecular weight excluding hydrogens is 435 g/mol. The van der Waals surface area contributed by atoms with E-state index in [1.807, 2.05) is 12.3 Å². The lowest BCUT2D eigenvalue weighted by Crippen LogP contribution is -2.43. The summed E-state index contributed by atoms with van der Waals surface area (Å²) in [5.41, 5.74) is 0.707. The van der Waals surface area contributed by atoms with Gasteiger partial charge < -0.3 is 19.5 Å². The molecule has 7 nitrogen and oxygen atoms in total. The van der Waals surface area contributed by atoms with E-state index >= 15 is 0 Å². The van der Waals surface area contributed by atoms with Crippen LogP contribution in [0.5, 0.6) is 0 Å². The van der Waals surface area contributed by atoms with E-state index in [2.05, 4.69) is 32.6 Å². The third-order valence-corrected chi connectivity index (χ3v) is 6.34. The standard InChI is InChI=1S/C17H21IN4O3/c18-13-8-19-22-14(17(23)3-5-24-6-4-17)7-15(20-16(13)22)21-9-11-1-2-12(10-21)25-11/h7-8,11-12,23H,1-6,9-10H2. The summed E-state index contributed by atoms with van der Waals surface area (Å²) < 4.78 is 14.2. The molecule has 3 aliphatic rings. The van der Waals surface area contributed by atoms with Crippen molar-refractivity contribution in [3.05, 3.63) is 21.5 Å². The van der Waals surface area contributed by atoms with Gasteiger partial charge in [-0.15, -0.1) is 0 Å². The molecule has 8 heteroatoms. The molecule has 0 radical (unpaired) electrons. The Balaban J connectivity index is 1.61. The first-order chi connectivity index (χ1) is 12.1. The van der Waals surface area contributed by atoms with Crippen LogP contribution in [-0.2, 0) is 15.1 Å². The summed E-state index contributed by atoms with van der Waals surface area (Å²) in [6, 6.07) is 2.02. The fraction of sp³-hybridized carbons (Fsp3) is 0.647. The molecule has 2 aromatic rings. The van der Waals surface area contributed by atoms with Crippen LogP contribution >= 0.6 is 22.6 Å². The number of ether oxygens (including phenoxy) is 2. The summed E-state index contributed by atoms with van der Waals surface area (Å²) in [5.74, 6) is 0.918. The lowest BCUT2D eigenvalue weighted by Gasteiger charge is -2.35. The molecule has 3 aliphatic heterocycles. The summed E-state index contributed by atoms with van der Waals surface area (Å²) in [5, 5.41) is 15.7. The largest absolute Gasteiger partial charge is 0.383 e. The number of anilines is 1. The van der Waals surface area contributed by atoms with Crippen molar-refractivity contribution in [1.29, 1.82) is 0 Å². The van der Waals surface area contributed by atoms with E-state index in [0.29, 0.717) is 38.3 Å². The molecule has 2 aromatic heterocycles. The van der Waals surface area contributed by atoms with Crippen molar-refractivity contribution >= 4 is 34.1 Å². The Morgan fingerprint density at radius 3 is 2.64 bits per heavy atom. The minimum absolute atomic E-state index is 0.301. The number of rotatable bonds is 2. The molecule has 2 unspecified atom stereocenters. The van der Waals surface area contributed by atoms with Crippen molar-refractivity contribution in [3.63, 3.8) is 0 Å². The number of fused-ring (bicyclic) bond motifs is 3. The first kappa shape index (κ1) is 16.2. The van der Waals surface area contributed by atoms with E-state index in [4.69, 9.17) is 14.5 Å². The normalized spacial score (nSPS) is 28.6. The van der Waals surface area contributed by atoms with E-state index in [-0.39, 0.29) is 0 Å². The van der Waals surface area contributed by atoms with Gasteiger partial charge in [-0.2, -0.15) is 5.10 Å². The predicted molar refractivity (Wildman–Crippen MR) is 99.8 cm³/mol. The minimum Gasteiger partial charge on any atom is -0.383 e. The van der Waals surface area contributed by atoms with E-state index in [0.717, 1.165) is 46.7 Å². The highest BCUT2D eigenvalue weighted by atomic mass is 127. The molecule has 5 heterocycles. The Labute approximate surface area is 159 Å². The topological polar surface area (TPSA) is 72.1 Å². The maximum Gasteiger partial charge on any atom is 0.171 e. The van der Waals surface area contributed by atoms with Gasteiger partial charge in [0, 0.05) is 45.2 Å². The third kappa shape index (κ3) is 2.73. The smallest absolute Gasteiger partial charge is 0.171 e. The van der Waals surface area contributed by atoms with Gasteiger partial charge in [-0.1, -0.05) is 0 Å². The highest BCUT2D eigenvalue weighted by molar-refractivity contribution is 14.1. The number of morpholine rings is 1. The quantitative estimate of drug-likeness (QED) is 0.694. The number of hydrogen-bond donors (Lipinski definition) is 1. The monoisotopic (exact) mass is 456 g/mol. The average Bonchev–Trinajstić information content (AvgIpc) is 3.17. The second-order valence-electron chi connectivity index (χ2n) is 7.23. The number of aromatic nitrogens is 3. The molecule has 2 bridgehead atoms. The molecule has 5 rings (SSSR count). The number of nitrogens with zero attached hydrogens (tertiary/aromatic N) is 4. The van der Waals surface area contributed by atoms with Crippen LogP contribution in [0.1, 0.15) is 31.4 Å². The Morgan fingerprint density at radius 2 is 1.92 bits per heavy atom. The van der Waals surface area contributed by atoms with Crippen LogP contribution in [-0.4, -0.2) is 58.2 Å². The second-order valence-corrected chi connectivity index (χ2v) is 8.40. The van der Waals surface area contributed by atoms with E-state index in [1.54, 1.807) is 4.52 Å². The van der Waals surface area contributed by atoms with Gasteiger partial charge in [-0.05, 0) is 35.4 Å². The van der Waals surface area contributed by atoms with Gasteiger partial charge in [0.15, 0.2) is 5.65 Å². The average molecular weight is 456 g/mol. The summed E-state index contributed by atoms with van der Waals surface area (Å²) in [4.78, 5) is 7.17. The van der Waals surface area contributed by atoms with Gasteiger partial charge >= 0.3 is 0 Å². The maximum atomic E-state index is 11.3. The minimum atomic E-state index is -0.922. The van der Waals surface area contributed by atoms with E-state index in [9.17, 15) is 5.11 Å². The lowest BCUT2D eigenvalue weighted by atomic mass is 9.90. The molecule has 3 saturated heterocycles. The molecule has 25 heavy (non-hydrogen) atoms. The first-order valence-corrected chi connectivity index (χ1v) is 9.95. The lowest BCUT2D eigenvalue weighted by molar-refractivity contribution is -0.0717. The third-order valence-electron chi connectivity index (χ3n) is 5.58. The highest BCUT2D eigenvalue weighted by Crippen LogP contribution is 2.36. The molecule has 0 saturated carbocycles. The van der Waals surface area contributed by atoms with Crippen LogP contribution < -0.4 is 4.90 Å². The fourth-order valence-electron chi connectivity index (χ4n) is 4.18. The molecule has 2 atom stereocenters. The van der Waals surface area contributed by atoms with Gasteiger partial charge in [0.25, 0.3) is 0 Å². The molecule has 134 valence electrons. The zero-order valence-corrected chi connectivity index (χ0v) is 16.1. The van der Waals surface area contributed by atoms with Crippen LogP contribution in [0, 0.1) is 3.57 Å². The Hall–Kier alpha value is -0.970. The zero-order chi connectivity index (χ0) is 17.0. The van der Waals surface area contributed by atoms with Gasteiger partial charge in [-0.25, -0.2) is 9.50 Å². The molecular formula is C17H21IN4O3. The SMILES string of the molecule is OC1(c2cc(N3CC4CCC(C3)O4)nc3c(I)cnn23)CCOCC1. The van der Waals surface area contributed by atoms with Gasteiger partial charge in [0.1, 0.15) is 11.4 Å². The Kier molecular flexibility index (Phi) is 3.92. The van der Waals surface area contributed by atoms with Crippen LogP contribution in [0.25, 0.3) is 5.65 Å². The van der Waals surface area contributed by atoms with Gasteiger partial charge in [-0.3, -0.25) is 0 Å². The first-order valence-electron chi connectivity index (χ1n) is 8.88. The predicted octanol–water partition coefficient (Wildman–Crippen LogP) is 1.70. The highest BCUT2D eigenvalue weighted by Gasteiger charge is 2.38. The number of halogens is 1. The molecule has 1 N–H and O–H groups in total. The molecule has 3 fully saturated rings. The molecule has 0 aromatic carbocycles. The Bertz CT molecular complexity index is 793. The van der Waals surface area contributed by atoms with Crippen LogP contribution in [0.15, 0.2) is 12.3 Å². The van der Waals surface area contributed by atoms with Crippen molar-refractivity contribution in [2.45, 2.75) is 43.5 Å². The van der Waals surface area contributed by atoms with E-state index < -0.39 is 5.60 Å². The summed E-state index contributed by atoms with van der Waals surface area (Å²) >= 11 is 2.26. The van der Waals surface area contributed by atoms with Gasteiger partial charge in [0.2, 0.25) is 0 Å². The maximum absolute atomic E-state index is 11.3. The van der Waals surface area contributed by atoms with Gasteiger partial charge in [0.05, 0.1) is 27.7 Å². The number of hydrogen-bond acceptors (Lipinski definition) is 6. The van der Waals surface area contributed by atoms with Crippen molar-refractivity contribution < 1.29 is 14.6 Å². The summed E-state index contributed by atoms with van der Waals surface area (Å²) in [7, 11) is 0. The summed E-state index contributed by atoms with van der Waals surface area (Å²) in [6.45, 7) is 2.86. The van der Waals surface area contributed by atoms with Crippen molar-refractivity contribution in [1.82, 2.24) is 14.6 Å². The van der Waals surface area contributed by atoms with Crippen molar-refractivity contribution in [3.8, 4) is 0 Å². The van der Waals surface area contributed by atoms with Crippen LogP contribution in [0.3, 0.4) is 0 Å². The van der Waals surface area contributed by atoms with Crippen LogP contribution in [0.2, 0.25) is 0 Å². The number of aliphatic hydroxyl groups is 1. The van der Waals surface area contributed by atoms with Crippen LogP contribution in [0.4, 0.5) is 5.82 Å². The summed E-state index contributed by atoms with van der Waals surface area (Å²) in [6.07, 6.45) is 5.82. The van der Waals surface area contributed by atoms with E-state index in [1.165, 1.54) is 0 Å². The van der Waals surface area contributed by atoms with Crippen molar-refractivity contribution in [2.75, 3.05) is 31.2 Å². The fourth-order valence-corrected chi connectivity index (χ4v) is 4.66. The molecule has 0 amide bonds. The van der Waals surface area contributed by atoms with Crippen molar-refractivity contribution in [2.24, 2.45) is 0 Å². The molecule has 0 spiro atoms.